The molecule has 2 fully saturated rings. The van der Waals surface area contributed by atoms with Crippen LogP contribution in [0.5, 0.6) is 0 Å². The Bertz CT molecular complexity index is 1650. The summed E-state index contributed by atoms with van der Waals surface area (Å²) in [6.07, 6.45) is 7.58. The van der Waals surface area contributed by atoms with Crippen molar-refractivity contribution >= 4 is 22.2 Å². The van der Waals surface area contributed by atoms with E-state index < -0.39 is 11.6 Å². The number of nitrogens with zero attached hydrogens (tertiary/aromatic N) is 4. The molecule has 1 spiro atoms. The molecule has 1 aliphatic carbocycles. The van der Waals surface area contributed by atoms with Gasteiger partial charge in [0.05, 0.1) is 11.9 Å². The smallest absolute Gasteiger partial charge is 0.152 e. The maximum absolute atomic E-state index is 14.5. The third kappa shape index (κ3) is 3.76. The van der Waals surface area contributed by atoms with E-state index in [-0.39, 0.29) is 5.52 Å². The summed E-state index contributed by atoms with van der Waals surface area (Å²) in [5.74, 6) is -1.29. The summed E-state index contributed by atoms with van der Waals surface area (Å²) in [7, 11) is 0. The van der Waals surface area contributed by atoms with Crippen LogP contribution in [0.1, 0.15) is 25.0 Å². The molecule has 1 saturated heterocycles. The maximum Gasteiger partial charge on any atom is 0.152 e. The average Bonchev–Trinajstić information content (AvgIpc) is 3.31. The molecule has 5 aromatic rings. The Labute approximate surface area is 213 Å². The Morgan fingerprint density at radius 3 is 2.59 bits per heavy atom. The van der Waals surface area contributed by atoms with Crippen molar-refractivity contribution in [1.82, 2.24) is 19.7 Å². The van der Waals surface area contributed by atoms with Crippen LogP contribution in [0.15, 0.2) is 67.0 Å². The van der Waals surface area contributed by atoms with E-state index in [0.717, 1.165) is 48.2 Å². The average molecular weight is 496 g/mol. The fraction of sp³-hybridized carbons (Fsp3) is 0.267. The van der Waals surface area contributed by atoms with Gasteiger partial charge in [-0.25, -0.2) is 18.7 Å². The molecule has 1 saturated carbocycles. The zero-order valence-electron chi connectivity index (χ0n) is 20.6. The molecule has 186 valence electrons. The van der Waals surface area contributed by atoms with Gasteiger partial charge in [0, 0.05) is 59.8 Å². The summed E-state index contributed by atoms with van der Waals surface area (Å²) in [6.45, 7) is 4.95. The van der Waals surface area contributed by atoms with Crippen molar-refractivity contribution in [3.05, 3.63) is 84.3 Å². The number of fused-ring (bicyclic) bond motifs is 2. The Morgan fingerprint density at radius 2 is 1.81 bits per heavy atom. The van der Waals surface area contributed by atoms with E-state index in [4.69, 9.17) is 0 Å². The molecule has 0 amide bonds. The quantitative estimate of drug-likeness (QED) is 0.327. The minimum Gasteiger partial charge on any atom is -0.368 e. The fourth-order valence-corrected chi connectivity index (χ4v) is 5.93. The molecular weight excluding hydrogens is 468 g/mol. The predicted octanol–water partition coefficient (Wildman–Crippen LogP) is 6.14. The van der Waals surface area contributed by atoms with Crippen molar-refractivity contribution in [2.75, 3.05) is 24.5 Å². The van der Waals surface area contributed by atoms with Gasteiger partial charge in [-0.05, 0) is 73.7 Å². The van der Waals surface area contributed by atoms with Gasteiger partial charge in [0.25, 0.3) is 0 Å². The second kappa shape index (κ2) is 8.35. The summed E-state index contributed by atoms with van der Waals surface area (Å²) in [5.41, 5.74) is 6.83. The van der Waals surface area contributed by atoms with Gasteiger partial charge in [-0.15, -0.1) is 0 Å². The van der Waals surface area contributed by atoms with Gasteiger partial charge in [-0.1, -0.05) is 12.1 Å². The first-order chi connectivity index (χ1) is 18.0. The van der Waals surface area contributed by atoms with E-state index in [2.05, 4.69) is 50.5 Å². The van der Waals surface area contributed by atoms with Crippen LogP contribution in [0.25, 0.3) is 38.9 Å². The van der Waals surface area contributed by atoms with Crippen LogP contribution in [0.3, 0.4) is 0 Å². The van der Waals surface area contributed by atoms with Gasteiger partial charge in [0.1, 0.15) is 17.0 Å². The lowest BCUT2D eigenvalue weighted by Crippen LogP contribution is -2.64. The van der Waals surface area contributed by atoms with Crippen molar-refractivity contribution in [1.29, 1.82) is 0 Å². The van der Waals surface area contributed by atoms with Crippen molar-refractivity contribution in [3.8, 4) is 22.4 Å². The number of aromatic nitrogens is 3. The number of hydrogen-bond acceptors (Lipinski definition) is 4. The number of anilines is 1. The molecule has 7 rings (SSSR count). The first-order valence-electron chi connectivity index (χ1n) is 12.8. The number of nitrogens with one attached hydrogen (secondary N) is 1. The number of aryl methyl sites for hydroxylation is 1. The number of benzene rings is 2. The molecule has 2 aromatic carbocycles. The molecule has 1 aliphatic heterocycles. The van der Waals surface area contributed by atoms with Crippen LogP contribution >= 0.6 is 0 Å². The summed E-state index contributed by atoms with van der Waals surface area (Å²) in [6, 6.07) is 16.9. The van der Waals surface area contributed by atoms with Crippen LogP contribution in [0.2, 0.25) is 0 Å². The second-order valence-electron chi connectivity index (χ2n) is 10.4. The normalized spacial score (nSPS) is 17.0. The number of imidazole rings is 1. The number of hydrogen-bond donors (Lipinski definition) is 1. The monoisotopic (exact) mass is 495 g/mol. The highest BCUT2D eigenvalue weighted by Gasteiger charge is 2.40. The number of pyridine rings is 2. The van der Waals surface area contributed by atoms with Gasteiger partial charge in [-0.3, -0.25) is 4.40 Å². The highest BCUT2D eigenvalue weighted by atomic mass is 19.1. The van der Waals surface area contributed by atoms with E-state index in [9.17, 15) is 8.78 Å². The molecule has 0 unspecified atom stereocenters. The summed E-state index contributed by atoms with van der Waals surface area (Å²) in [5, 5.41) is 4.16. The van der Waals surface area contributed by atoms with Gasteiger partial charge >= 0.3 is 0 Å². The van der Waals surface area contributed by atoms with Crippen LogP contribution < -0.4 is 10.2 Å². The third-order valence-electron chi connectivity index (χ3n) is 8.00. The van der Waals surface area contributed by atoms with Gasteiger partial charge in [0.15, 0.2) is 5.82 Å². The SMILES string of the molecule is Cc1cc(-c2cnc3cc(-c4ccc(N5CCNC6(CCC6)C5)cc4)ccn23)c2cc(F)cc(F)c2n1. The van der Waals surface area contributed by atoms with Crippen molar-refractivity contribution < 1.29 is 8.78 Å². The van der Waals surface area contributed by atoms with Crippen molar-refractivity contribution in [3.63, 3.8) is 0 Å². The lowest BCUT2D eigenvalue weighted by Gasteiger charge is -2.50. The Hall–Kier alpha value is -3.84. The standard InChI is InChI=1S/C30H27F2N5/c1-19-13-24(25-15-22(31)16-26(32)29(25)35-19)27-17-33-28-14-21(7-11-37(27)28)20-3-5-23(6-4-20)36-12-10-34-30(18-36)8-2-9-30/h3-7,11,13-17,34H,2,8-10,12,18H2,1H3. The Kier molecular flexibility index (Phi) is 5.05. The van der Waals surface area contributed by atoms with Gasteiger partial charge in [-0.2, -0.15) is 0 Å². The highest BCUT2D eigenvalue weighted by Crippen LogP contribution is 2.36. The fourth-order valence-electron chi connectivity index (χ4n) is 5.93. The second-order valence-corrected chi connectivity index (χ2v) is 10.4. The molecular formula is C30H27F2N5. The molecule has 7 heteroatoms. The number of halogens is 2. The largest absolute Gasteiger partial charge is 0.368 e. The third-order valence-corrected chi connectivity index (χ3v) is 8.00. The van der Waals surface area contributed by atoms with Crippen LogP contribution in [0.4, 0.5) is 14.5 Å². The van der Waals surface area contributed by atoms with Gasteiger partial charge < -0.3 is 10.2 Å². The summed E-state index contributed by atoms with van der Waals surface area (Å²) >= 11 is 0. The van der Waals surface area contributed by atoms with Crippen LogP contribution in [-0.2, 0) is 0 Å². The minimum absolute atomic E-state index is 0.163. The van der Waals surface area contributed by atoms with E-state index >= 15 is 0 Å². The molecule has 4 heterocycles. The molecule has 37 heavy (non-hydrogen) atoms. The van der Waals surface area contributed by atoms with E-state index in [1.807, 2.05) is 29.7 Å². The number of rotatable bonds is 3. The highest BCUT2D eigenvalue weighted by molar-refractivity contribution is 5.94. The van der Waals surface area contributed by atoms with E-state index in [0.29, 0.717) is 22.2 Å². The van der Waals surface area contributed by atoms with Crippen LogP contribution in [0, 0.1) is 18.6 Å². The zero-order chi connectivity index (χ0) is 25.1. The van der Waals surface area contributed by atoms with Crippen molar-refractivity contribution in [2.45, 2.75) is 31.7 Å². The summed E-state index contributed by atoms with van der Waals surface area (Å²) < 4.78 is 30.5. The number of piperazine rings is 1. The van der Waals surface area contributed by atoms with Crippen molar-refractivity contribution in [2.24, 2.45) is 0 Å². The Morgan fingerprint density at radius 1 is 0.973 bits per heavy atom. The molecule has 0 atom stereocenters. The predicted molar refractivity (Wildman–Crippen MR) is 143 cm³/mol. The molecule has 2 aliphatic rings. The first kappa shape index (κ1) is 22.4. The van der Waals surface area contributed by atoms with Crippen LogP contribution in [-0.4, -0.2) is 39.5 Å². The minimum atomic E-state index is -0.664. The maximum atomic E-state index is 14.5. The van der Waals surface area contributed by atoms with E-state index in [1.165, 1.54) is 31.0 Å². The molecule has 0 bridgehead atoms. The summed E-state index contributed by atoms with van der Waals surface area (Å²) in [4.78, 5) is 11.4. The zero-order valence-corrected chi connectivity index (χ0v) is 20.6. The Balaban J connectivity index is 1.22. The molecule has 5 nitrogen and oxygen atoms in total. The lowest BCUT2D eigenvalue weighted by atomic mass is 9.75. The molecule has 1 N–H and O–H groups in total. The lowest BCUT2D eigenvalue weighted by molar-refractivity contribution is 0.173. The topological polar surface area (TPSA) is 45.5 Å². The first-order valence-corrected chi connectivity index (χ1v) is 12.8. The molecule has 3 aromatic heterocycles. The van der Waals surface area contributed by atoms with E-state index in [1.54, 1.807) is 6.20 Å². The molecule has 0 radical (unpaired) electrons. The van der Waals surface area contributed by atoms with Gasteiger partial charge in [0.2, 0.25) is 0 Å².